The molecule has 0 aliphatic carbocycles. The van der Waals surface area contributed by atoms with Crippen molar-refractivity contribution in [1.29, 1.82) is 0 Å². The second kappa shape index (κ2) is 4.42. The summed E-state index contributed by atoms with van der Waals surface area (Å²) in [6, 6.07) is 1.62. The highest BCUT2D eigenvalue weighted by molar-refractivity contribution is 5.83. The van der Waals surface area contributed by atoms with E-state index in [1.165, 1.54) is 17.1 Å². The molecular formula is C11H14N4O4. The van der Waals surface area contributed by atoms with Crippen LogP contribution in [0.25, 0.3) is 11.2 Å². The smallest absolute Gasteiger partial charge is 0.165 e. The zero-order valence-electron chi connectivity index (χ0n) is 9.92. The van der Waals surface area contributed by atoms with Crippen molar-refractivity contribution in [3.05, 3.63) is 18.6 Å². The predicted molar refractivity (Wildman–Crippen MR) is 64.9 cm³/mol. The molecule has 2 aromatic heterocycles. The van der Waals surface area contributed by atoms with E-state index in [1.54, 1.807) is 6.07 Å². The highest BCUT2D eigenvalue weighted by Crippen LogP contribution is 2.31. The fourth-order valence-electron chi connectivity index (χ4n) is 2.25. The first kappa shape index (κ1) is 12.3. The van der Waals surface area contributed by atoms with E-state index in [0.29, 0.717) is 16.9 Å². The van der Waals surface area contributed by atoms with Gasteiger partial charge in [0.1, 0.15) is 23.8 Å². The molecular weight excluding hydrogens is 252 g/mol. The number of pyridine rings is 1. The summed E-state index contributed by atoms with van der Waals surface area (Å²) >= 11 is 0. The van der Waals surface area contributed by atoms with Crippen molar-refractivity contribution in [2.24, 2.45) is 0 Å². The van der Waals surface area contributed by atoms with Gasteiger partial charge in [0.2, 0.25) is 0 Å². The Hall–Kier alpha value is -1.74. The first-order chi connectivity index (χ1) is 9.13. The number of ether oxygens (including phenoxy) is 1. The third-order valence-corrected chi connectivity index (χ3v) is 3.28. The minimum absolute atomic E-state index is 0.378. The molecule has 0 spiro atoms. The van der Waals surface area contributed by atoms with Gasteiger partial charge in [0.15, 0.2) is 11.9 Å². The number of rotatable bonds is 2. The van der Waals surface area contributed by atoms with Gasteiger partial charge in [0.05, 0.1) is 18.6 Å². The van der Waals surface area contributed by atoms with E-state index < -0.39 is 24.5 Å². The van der Waals surface area contributed by atoms with Crippen molar-refractivity contribution >= 4 is 16.9 Å². The van der Waals surface area contributed by atoms with Crippen LogP contribution in [0.15, 0.2) is 18.6 Å². The summed E-state index contributed by atoms with van der Waals surface area (Å²) in [5.41, 5.74) is 7.20. The molecule has 1 aliphatic heterocycles. The molecule has 1 saturated heterocycles. The lowest BCUT2D eigenvalue weighted by atomic mass is 10.1. The monoisotopic (exact) mass is 266 g/mol. The van der Waals surface area contributed by atoms with E-state index in [4.69, 9.17) is 15.6 Å². The molecule has 0 bridgehead atoms. The summed E-state index contributed by atoms with van der Waals surface area (Å²) in [5.74, 6) is 0. The van der Waals surface area contributed by atoms with Gasteiger partial charge in [-0.1, -0.05) is 0 Å². The van der Waals surface area contributed by atoms with Crippen LogP contribution in [0.5, 0.6) is 0 Å². The maximum absolute atomic E-state index is 9.97. The van der Waals surface area contributed by atoms with Gasteiger partial charge < -0.3 is 25.8 Å². The van der Waals surface area contributed by atoms with E-state index >= 15 is 0 Å². The highest BCUT2D eigenvalue weighted by atomic mass is 16.6. The van der Waals surface area contributed by atoms with Crippen molar-refractivity contribution in [2.75, 3.05) is 12.3 Å². The summed E-state index contributed by atoms with van der Waals surface area (Å²) in [5, 5.41) is 28.8. The molecule has 8 nitrogen and oxygen atoms in total. The van der Waals surface area contributed by atoms with Crippen molar-refractivity contribution in [1.82, 2.24) is 14.5 Å². The molecule has 102 valence electrons. The number of aliphatic hydroxyl groups excluding tert-OH is 3. The quantitative estimate of drug-likeness (QED) is 0.528. The number of aromatic nitrogens is 3. The van der Waals surface area contributed by atoms with Crippen molar-refractivity contribution in [3.63, 3.8) is 0 Å². The van der Waals surface area contributed by atoms with E-state index in [2.05, 4.69) is 9.97 Å². The molecule has 8 heteroatoms. The Kier molecular flexibility index (Phi) is 2.86. The molecule has 0 radical (unpaired) electrons. The fraction of sp³-hybridized carbons (Fsp3) is 0.455. The summed E-state index contributed by atoms with van der Waals surface area (Å²) < 4.78 is 6.91. The minimum Gasteiger partial charge on any atom is -0.397 e. The second-order valence-corrected chi connectivity index (χ2v) is 4.45. The maximum atomic E-state index is 9.97. The lowest BCUT2D eigenvalue weighted by Gasteiger charge is -2.16. The van der Waals surface area contributed by atoms with E-state index in [9.17, 15) is 10.2 Å². The Morgan fingerprint density at radius 2 is 2.11 bits per heavy atom. The first-order valence-corrected chi connectivity index (χ1v) is 5.83. The largest absolute Gasteiger partial charge is 0.397 e. The standard InChI is InChI=1S/C11H14N4O4/c12-5-1-2-13-10-7(5)14-4-15(10)11-9(18)8(17)6(3-16)19-11/h1-2,4,6,8-9,11,16-18H,3H2,(H2,12,13)/t6-,8-,9+,11+/m0/s1. The zero-order valence-corrected chi connectivity index (χ0v) is 9.92. The van der Waals surface area contributed by atoms with Gasteiger partial charge >= 0.3 is 0 Å². The second-order valence-electron chi connectivity index (χ2n) is 4.45. The molecule has 2 aromatic rings. The zero-order chi connectivity index (χ0) is 13.6. The third kappa shape index (κ3) is 1.77. The van der Waals surface area contributed by atoms with E-state index in [0.717, 1.165) is 0 Å². The average molecular weight is 266 g/mol. The third-order valence-electron chi connectivity index (χ3n) is 3.28. The number of imidazole rings is 1. The molecule has 1 aliphatic rings. The normalized spacial score (nSPS) is 31.1. The Morgan fingerprint density at radius 3 is 2.79 bits per heavy atom. The van der Waals surface area contributed by atoms with Crippen molar-refractivity contribution in [2.45, 2.75) is 24.5 Å². The summed E-state index contributed by atoms with van der Waals surface area (Å²) in [4.78, 5) is 8.26. The molecule has 3 heterocycles. The van der Waals surface area contributed by atoms with Crippen LogP contribution in [0, 0.1) is 0 Å². The Balaban J connectivity index is 2.04. The minimum atomic E-state index is -1.17. The lowest BCUT2D eigenvalue weighted by Crippen LogP contribution is -2.33. The van der Waals surface area contributed by atoms with E-state index in [1.807, 2.05) is 0 Å². The highest BCUT2D eigenvalue weighted by Gasteiger charge is 2.43. The van der Waals surface area contributed by atoms with E-state index in [-0.39, 0.29) is 6.61 Å². The number of nitrogen functional groups attached to an aromatic ring is 1. The van der Waals surface area contributed by atoms with Crippen LogP contribution in [-0.2, 0) is 4.74 Å². The van der Waals surface area contributed by atoms with Crippen molar-refractivity contribution in [3.8, 4) is 0 Å². The van der Waals surface area contributed by atoms with Crippen LogP contribution < -0.4 is 5.73 Å². The van der Waals surface area contributed by atoms with Gasteiger partial charge in [-0.25, -0.2) is 9.97 Å². The van der Waals surface area contributed by atoms with Crippen LogP contribution in [0.1, 0.15) is 6.23 Å². The molecule has 19 heavy (non-hydrogen) atoms. The number of aliphatic hydroxyl groups is 3. The topological polar surface area (TPSA) is 127 Å². The molecule has 4 atom stereocenters. The molecule has 0 saturated carbocycles. The Labute approximate surface area is 108 Å². The van der Waals surface area contributed by atoms with Gasteiger partial charge in [0.25, 0.3) is 0 Å². The number of nitrogens with two attached hydrogens (primary N) is 1. The predicted octanol–water partition coefficient (Wildman–Crippen LogP) is -1.38. The summed E-state index contributed by atoms with van der Waals surface area (Å²) in [6.45, 7) is -0.378. The van der Waals surface area contributed by atoms with Gasteiger partial charge in [-0.2, -0.15) is 0 Å². The van der Waals surface area contributed by atoms with Crippen LogP contribution in [0.2, 0.25) is 0 Å². The van der Waals surface area contributed by atoms with Gasteiger partial charge in [-0.3, -0.25) is 4.57 Å². The molecule has 0 aromatic carbocycles. The molecule has 3 rings (SSSR count). The van der Waals surface area contributed by atoms with Crippen LogP contribution in [0.4, 0.5) is 5.69 Å². The number of fused-ring (bicyclic) bond motifs is 1. The molecule has 5 N–H and O–H groups in total. The van der Waals surface area contributed by atoms with Crippen LogP contribution in [0.3, 0.4) is 0 Å². The number of hydrogen-bond donors (Lipinski definition) is 4. The SMILES string of the molecule is Nc1ccnc2c1ncn2[C@@H]1O[C@@H](CO)[C@H](O)[C@H]1O. The Bertz CT molecular complexity index is 601. The maximum Gasteiger partial charge on any atom is 0.165 e. The van der Waals surface area contributed by atoms with Gasteiger partial charge in [-0.15, -0.1) is 0 Å². The molecule has 0 amide bonds. The summed E-state index contributed by atoms with van der Waals surface area (Å²) in [6.07, 6.45) is -1.05. The first-order valence-electron chi connectivity index (χ1n) is 5.83. The lowest BCUT2D eigenvalue weighted by molar-refractivity contribution is -0.0511. The van der Waals surface area contributed by atoms with Gasteiger partial charge in [0, 0.05) is 6.20 Å². The number of anilines is 1. The Morgan fingerprint density at radius 1 is 1.32 bits per heavy atom. The van der Waals surface area contributed by atoms with Gasteiger partial charge in [-0.05, 0) is 6.07 Å². The average Bonchev–Trinajstić information content (AvgIpc) is 2.94. The number of nitrogens with zero attached hydrogens (tertiary/aromatic N) is 3. The summed E-state index contributed by atoms with van der Waals surface area (Å²) in [7, 11) is 0. The molecule has 1 fully saturated rings. The van der Waals surface area contributed by atoms with Crippen molar-refractivity contribution < 1.29 is 20.1 Å². The fourth-order valence-corrected chi connectivity index (χ4v) is 2.25. The molecule has 0 unspecified atom stereocenters. The van der Waals surface area contributed by atoms with Crippen LogP contribution in [-0.4, -0.2) is 54.8 Å². The number of hydrogen-bond acceptors (Lipinski definition) is 7. The van der Waals surface area contributed by atoms with Crippen LogP contribution >= 0.6 is 0 Å².